The van der Waals surface area contributed by atoms with E-state index in [4.69, 9.17) is 9.47 Å². The number of hydrogen-bond acceptors (Lipinski definition) is 4. The lowest BCUT2D eigenvalue weighted by atomic mass is 9.94. The number of urea groups is 1. The Morgan fingerprint density at radius 1 is 1.26 bits per heavy atom. The summed E-state index contributed by atoms with van der Waals surface area (Å²) in [6.07, 6.45) is 3.84. The minimum atomic E-state index is -0.601. The van der Waals surface area contributed by atoms with Crippen LogP contribution in [0.1, 0.15) is 58.1 Å². The van der Waals surface area contributed by atoms with Crippen molar-refractivity contribution in [2.45, 2.75) is 58.6 Å². The van der Waals surface area contributed by atoms with Crippen molar-refractivity contribution in [3.05, 3.63) is 41.1 Å². The normalized spacial score (nSPS) is 25.0. The molecule has 0 aromatic heterocycles. The fourth-order valence-electron chi connectivity index (χ4n) is 3.75. The minimum absolute atomic E-state index is 0.0670. The Labute approximate surface area is 160 Å². The van der Waals surface area contributed by atoms with Gasteiger partial charge >= 0.3 is 12.0 Å². The smallest absolute Gasteiger partial charge is 0.338 e. The summed E-state index contributed by atoms with van der Waals surface area (Å²) in [7, 11) is 0. The second-order valence-corrected chi connectivity index (χ2v) is 7.31. The molecule has 6 heteroatoms. The molecule has 2 aliphatic rings. The van der Waals surface area contributed by atoms with E-state index in [1.807, 2.05) is 31.2 Å². The van der Waals surface area contributed by atoms with Crippen molar-refractivity contribution < 1.29 is 19.1 Å². The summed E-state index contributed by atoms with van der Waals surface area (Å²) in [6.45, 7) is 6.44. The molecular formula is C21H28N2O4. The summed E-state index contributed by atoms with van der Waals surface area (Å²) >= 11 is 0. The third-order valence-corrected chi connectivity index (χ3v) is 5.22. The van der Waals surface area contributed by atoms with Crippen LogP contribution in [0.25, 0.3) is 0 Å². The molecule has 2 N–H and O–H groups in total. The minimum Gasteiger partial charge on any atom is -0.493 e. The second kappa shape index (κ2) is 8.46. The molecular weight excluding hydrogens is 344 g/mol. The molecule has 1 aliphatic heterocycles. The molecule has 27 heavy (non-hydrogen) atoms. The predicted octanol–water partition coefficient (Wildman–Crippen LogP) is 3.84. The molecule has 0 radical (unpaired) electrons. The Kier molecular flexibility index (Phi) is 6.04. The number of carbonyl (C=O) groups excluding carboxylic acids is 2. The first-order valence-corrected chi connectivity index (χ1v) is 9.72. The van der Waals surface area contributed by atoms with Crippen LogP contribution in [-0.4, -0.2) is 24.7 Å². The fourth-order valence-corrected chi connectivity index (χ4v) is 3.75. The molecule has 1 fully saturated rings. The van der Waals surface area contributed by atoms with Crippen LogP contribution in [0.5, 0.6) is 5.75 Å². The van der Waals surface area contributed by atoms with Crippen LogP contribution in [0.4, 0.5) is 4.79 Å². The zero-order chi connectivity index (χ0) is 19.4. The first kappa shape index (κ1) is 19.3. The molecule has 1 heterocycles. The fraction of sp³-hybridized carbons (Fsp3) is 0.524. The van der Waals surface area contributed by atoms with E-state index in [0.29, 0.717) is 29.5 Å². The zero-order valence-electron chi connectivity index (χ0n) is 16.2. The van der Waals surface area contributed by atoms with Gasteiger partial charge in [-0.25, -0.2) is 9.59 Å². The van der Waals surface area contributed by atoms with Crippen LogP contribution in [-0.2, 0) is 9.53 Å². The van der Waals surface area contributed by atoms with Crippen molar-refractivity contribution in [3.8, 4) is 5.75 Å². The third kappa shape index (κ3) is 4.26. The molecule has 0 bridgehead atoms. The molecule has 1 aliphatic carbocycles. The van der Waals surface area contributed by atoms with Crippen LogP contribution in [0.3, 0.4) is 0 Å². The van der Waals surface area contributed by atoms with E-state index in [-0.39, 0.29) is 18.1 Å². The molecule has 3 atom stereocenters. The van der Waals surface area contributed by atoms with Gasteiger partial charge < -0.3 is 20.1 Å². The average molecular weight is 372 g/mol. The summed E-state index contributed by atoms with van der Waals surface area (Å²) in [5.74, 6) is 0.646. The maximum atomic E-state index is 13.0. The molecule has 146 valence electrons. The van der Waals surface area contributed by atoms with E-state index in [9.17, 15) is 9.59 Å². The van der Waals surface area contributed by atoms with Gasteiger partial charge in [0.1, 0.15) is 11.9 Å². The van der Waals surface area contributed by atoms with Crippen molar-refractivity contribution >= 4 is 12.0 Å². The molecule has 1 aromatic rings. The Bertz CT molecular complexity index is 743. The molecule has 0 saturated heterocycles. The van der Waals surface area contributed by atoms with Gasteiger partial charge in [0.15, 0.2) is 0 Å². The summed E-state index contributed by atoms with van der Waals surface area (Å²) < 4.78 is 11.7. The van der Waals surface area contributed by atoms with Gasteiger partial charge in [-0.15, -0.1) is 0 Å². The van der Waals surface area contributed by atoms with Crippen molar-refractivity contribution in [1.82, 2.24) is 10.6 Å². The number of esters is 1. The van der Waals surface area contributed by atoms with Crippen molar-refractivity contribution in [2.24, 2.45) is 5.92 Å². The number of rotatable bonds is 6. The first-order chi connectivity index (χ1) is 13.0. The van der Waals surface area contributed by atoms with E-state index < -0.39 is 6.04 Å². The quantitative estimate of drug-likeness (QED) is 0.744. The van der Waals surface area contributed by atoms with Crippen LogP contribution < -0.4 is 15.4 Å². The molecule has 1 aromatic carbocycles. The molecule has 2 amide bonds. The largest absolute Gasteiger partial charge is 0.493 e. The van der Waals surface area contributed by atoms with Gasteiger partial charge in [-0.2, -0.15) is 0 Å². The van der Waals surface area contributed by atoms with Gasteiger partial charge in [0.05, 0.1) is 18.2 Å². The van der Waals surface area contributed by atoms with Gasteiger partial charge in [0.25, 0.3) is 0 Å². The lowest BCUT2D eigenvalue weighted by molar-refractivity contribution is -0.146. The Morgan fingerprint density at radius 3 is 2.74 bits per heavy atom. The topological polar surface area (TPSA) is 76.7 Å². The Hall–Kier alpha value is -2.50. The second-order valence-electron chi connectivity index (χ2n) is 7.31. The third-order valence-electron chi connectivity index (χ3n) is 5.22. The maximum Gasteiger partial charge on any atom is 0.338 e. The zero-order valence-corrected chi connectivity index (χ0v) is 16.2. The van der Waals surface area contributed by atoms with Crippen molar-refractivity contribution in [1.29, 1.82) is 0 Å². The highest BCUT2D eigenvalue weighted by molar-refractivity contribution is 5.95. The van der Waals surface area contributed by atoms with Crippen LogP contribution >= 0.6 is 0 Å². The van der Waals surface area contributed by atoms with E-state index in [1.165, 1.54) is 0 Å². The molecule has 1 saturated carbocycles. The number of allylic oxidation sites excluding steroid dienone is 1. The van der Waals surface area contributed by atoms with Gasteiger partial charge in [0, 0.05) is 11.3 Å². The standard InChI is InChI=1S/C21H28N2O4/c1-4-12-26-17-10-6-5-9-15(17)19-18(14(3)22-21(25)23-19)20(24)27-16-11-7-8-13(16)2/h5-6,9-10,13,16,19H,4,7-8,11-12H2,1-3H3,(H2,22,23,25)/t13-,16+,19+/m0/s1. The molecule has 0 spiro atoms. The van der Waals surface area contributed by atoms with Gasteiger partial charge in [-0.05, 0) is 44.6 Å². The number of para-hydroxylation sites is 1. The Balaban J connectivity index is 1.91. The SMILES string of the molecule is CCCOc1ccccc1[C@H]1NC(=O)NC(C)=C1C(=O)O[C@@H]1CCC[C@@H]1C. The van der Waals surface area contributed by atoms with Gasteiger partial charge in [0.2, 0.25) is 0 Å². The average Bonchev–Trinajstić information content (AvgIpc) is 3.04. The van der Waals surface area contributed by atoms with Crippen molar-refractivity contribution in [3.63, 3.8) is 0 Å². The monoisotopic (exact) mass is 372 g/mol. The first-order valence-electron chi connectivity index (χ1n) is 9.72. The highest BCUT2D eigenvalue weighted by atomic mass is 16.5. The van der Waals surface area contributed by atoms with Gasteiger partial charge in [-0.1, -0.05) is 32.0 Å². The lowest BCUT2D eigenvalue weighted by Gasteiger charge is -2.30. The summed E-state index contributed by atoms with van der Waals surface area (Å²) in [5, 5.41) is 5.55. The number of carbonyl (C=O) groups is 2. The predicted molar refractivity (Wildman–Crippen MR) is 102 cm³/mol. The van der Waals surface area contributed by atoms with E-state index in [0.717, 1.165) is 31.2 Å². The van der Waals surface area contributed by atoms with Crippen molar-refractivity contribution in [2.75, 3.05) is 6.61 Å². The van der Waals surface area contributed by atoms with E-state index in [1.54, 1.807) is 6.92 Å². The highest BCUT2D eigenvalue weighted by Crippen LogP contribution is 2.35. The van der Waals surface area contributed by atoms with Crippen LogP contribution in [0, 0.1) is 5.92 Å². The molecule has 3 rings (SSSR count). The van der Waals surface area contributed by atoms with E-state index in [2.05, 4.69) is 17.6 Å². The number of amides is 2. The Morgan fingerprint density at radius 2 is 2.04 bits per heavy atom. The maximum absolute atomic E-state index is 13.0. The van der Waals surface area contributed by atoms with Gasteiger partial charge in [-0.3, -0.25) is 0 Å². The molecule has 6 nitrogen and oxygen atoms in total. The van der Waals surface area contributed by atoms with E-state index >= 15 is 0 Å². The number of nitrogens with one attached hydrogen (secondary N) is 2. The number of ether oxygens (including phenoxy) is 2. The summed E-state index contributed by atoms with van der Waals surface area (Å²) in [6, 6.07) is 6.55. The number of hydrogen-bond donors (Lipinski definition) is 2. The summed E-state index contributed by atoms with van der Waals surface area (Å²) in [4.78, 5) is 25.1. The van der Waals surface area contributed by atoms with Crippen LogP contribution in [0.15, 0.2) is 35.5 Å². The molecule has 0 unspecified atom stereocenters. The highest BCUT2D eigenvalue weighted by Gasteiger charge is 2.36. The van der Waals surface area contributed by atoms with Crippen LogP contribution in [0.2, 0.25) is 0 Å². The lowest BCUT2D eigenvalue weighted by Crippen LogP contribution is -2.45. The summed E-state index contributed by atoms with van der Waals surface area (Å²) in [5.41, 5.74) is 1.71. The number of benzene rings is 1.